The first-order chi connectivity index (χ1) is 5.84. The molecule has 0 bridgehead atoms. The molecule has 0 amide bonds. The third-order valence-corrected chi connectivity index (χ3v) is 2.64. The van der Waals surface area contributed by atoms with E-state index < -0.39 is 0 Å². The maximum absolute atomic E-state index is 5.95. The lowest BCUT2D eigenvalue weighted by atomic mass is 10.1. The summed E-state index contributed by atoms with van der Waals surface area (Å²) >= 11 is 1.70. The molecule has 12 heavy (non-hydrogen) atoms. The average Bonchev–Trinajstić information content (AvgIpc) is 2.56. The van der Waals surface area contributed by atoms with Gasteiger partial charge in [0.1, 0.15) is 0 Å². The van der Waals surface area contributed by atoms with Crippen molar-refractivity contribution >= 4 is 11.3 Å². The fourth-order valence-corrected chi connectivity index (χ4v) is 1.89. The van der Waals surface area contributed by atoms with Crippen molar-refractivity contribution in [3.8, 4) is 0 Å². The Labute approximate surface area is 77.6 Å². The van der Waals surface area contributed by atoms with Crippen molar-refractivity contribution in [2.24, 2.45) is 11.5 Å². The molecule has 0 spiro atoms. The number of hydrogen-bond donors (Lipinski definition) is 2. The Morgan fingerprint density at radius 2 is 2.25 bits per heavy atom. The number of nitrogens with two attached hydrogens (primary N) is 2. The molecule has 0 saturated carbocycles. The average molecular weight is 184 g/mol. The van der Waals surface area contributed by atoms with E-state index in [2.05, 4.69) is 16.8 Å². The molecule has 1 rings (SSSR count). The number of rotatable bonds is 5. The highest BCUT2D eigenvalue weighted by atomic mass is 32.1. The second-order valence-corrected chi connectivity index (χ2v) is 3.73. The second kappa shape index (κ2) is 5.30. The summed E-state index contributed by atoms with van der Waals surface area (Å²) in [6.45, 7) is 0.774. The summed E-state index contributed by atoms with van der Waals surface area (Å²) in [4.78, 5) is 0. The Balaban J connectivity index is 2.25. The largest absolute Gasteiger partial charge is 0.330 e. The molecule has 1 aromatic rings. The number of unbranched alkanes of at least 4 members (excludes halogenated alkanes) is 1. The van der Waals surface area contributed by atoms with Crippen LogP contribution in [0, 0.1) is 0 Å². The van der Waals surface area contributed by atoms with Gasteiger partial charge in [0.05, 0.1) is 0 Å². The molecule has 68 valence electrons. The Bertz CT molecular complexity index is 196. The lowest BCUT2D eigenvalue weighted by molar-refractivity contribution is 0.592. The van der Waals surface area contributed by atoms with Gasteiger partial charge in [-0.2, -0.15) is 11.3 Å². The zero-order valence-electron chi connectivity index (χ0n) is 7.20. The van der Waals surface area contributed by atoms with Gasteiger partial charge in [-0.1, -0.05) is 6.42 Å². The van der Waals surface area contributed by atoms with Crippen LogP contribution in [0.15, 0.2) is 16.8 Å². The Morgan fingerprint density at radius 3 is 2.83 bits per heavy atom. The van der Waals surface area contributed by atoms with Crippen LogP contribution in [0.2, 0.25) is 0 Å². The molecule has 0 radical (unpaired) electrons. The van der Waals surface area contributed by atoms with Crippen molar-refractivity contribution in [2.75, 3.05) is 6.54 Å². The first-order valence-electron chi connectivity index (χ1n) is 4.32. The van der Waals surface area contributed by atoms with E-state index in [-0.39, 0.29) is 6.04 Å². The van der Waals surface area contributed by atoms with Gasteiger partial charge in [-0.05, 0) is 41.8 Å². The molecular formula is C9H16N2S. The minimum Gasteiger partial charge on any atom is -0.330 e. The van der Waals surface area contributed by atoms with Crippen molar-refractivity contribution < 1.29 is 0 Å². The quantitative estimate of drug-likeness (QED) is 0.686. The molecule has 1 atom stereocenters. The number of hydrogen-bond acceptors (Lipinski definition) is 3. The highest BCUT2D eigenvalue weighted by molar-refractivity contribution is 7.07. The lowest BCUT2D eigenvalue weighted by Gasteiger charge is -2.08. The maximum atomic E-state index is 5.95. The van der Waals surface area contributed by atoms with Crippen LogP contribution in [0.1, 0.15) is 30.9 Å². The molecule has 3 heteroatoms. The summed E-state index contributed by atoms with van der Waals surface area (Å²) in [6, 6.07) is 2.31. The van der Waals surface area contributed by atoms with Crippen molar-refractivity contribution in [3.05, 3.63) is 22.4 Å². The third-order valence-electron chi connectivity index (χ3n) is 1.94. The van der Waals surface area contributed by atoms with Crippen LogP contribution in [0.3, 0.4) is 0 Å². The van der Waals surface area contributed by atoms with Gasteiger partial charge < -0.3 is 11.5 Å². The van der Waals surface area contributed by atoms with Gasteiger partial charge in [0.15, 0.2) is 0 Å². The molecule has 2 nitrogen and oxygen atoms in total. The molecule has 1 aromatic heterocycles. The summed E-state index contributed by atoms with van der Waals surface area (Å²) in [6.07, 6.45) is 3.26. The van der Waals surface area contributed by atoms with E-state index in [9.17, 15) is 0 Å². The molecule has 1 heterocycles. The van der Waals surface area contributed by atoms with E-state index in [1.54, 1.807) is 11.3 Å². The van der Waals surface area contributed by atoms with Crippen LogP contribution in [-0.2, 0) is 0 Å². The standard InChI is InChI=1S/C9H16N2S/c10-5-2-1-3-9(11)8-4-6-12-7-8/h4,6-7,9H,1-3,5,10-11H2/t9-/m1/s1. The van der Waals surface area contributed by atoms with Crippen LogP contribution in [0.25, 0.3) is 0 Å². The molecular weight excluding hydrogens is 168 g/mol. The van der Waals surface area contributed by atoms with Crippen molar-refractivity contribution in [3.63, 3.8) is 0 Å². The molecule has 0 saturated heterocycles. The van der Waals surface area contributed by atoms with E-state index in [1.165, 1.54) is 5.56 Å². The zero-order valence-corrected chi connectivity index (χ0v) is 8.02. The highest BCUT2D eigenvalue weighted by Gasteiger charge is 2.04. The normalized spacial score (nSPS) is 13.2. The van der Waals surface area contributed by atoms with Crippen LogP contribution in [0.4, 0.5) is 0 Å². The summed E-state index contributed by atoms with van der Waals surface area (Å²) in [5.74, 6) is 0. The second-order valence-electron chi connectivity index (χ2n) is 2.95. The van der Waals surface area contributed by atoms with Gasteiger partial charge in [-0.25, -0.2) is 0 Å². The van der Waals surface area contributed by atoms with Gasteiger partial charge in [-0.3, -0.25) is 0 Å². The van der Waals surface area contributed by atoms with Crippen LogP contribution >= 0.6 is 11.3 Å². The van der Waals surface area contributed by atoms with Crippen LogP contribution < -0.4 is 11.5 Å². The topological polar surface area (TPSA) is 52.0 Å². The van der Waals surface area contributed by atoms with Crippen molar-refractivity contribution in [1.29, 1.82) is 0 Å². The number of thiophene rings is 1. The molecule has 0 fully saturated rings. The summed E-state index contributed by atoms with van der Waals surface area (Å²) in [5.41, 5.74) is 12.6. The third kappa shape index (κ3) is 2.93. The fraction of sp³-hybridized carbons (Fsp3) is 0.556. The van der Waals surface area contributed by atoms with Crippen LogP contribution in [-0.4, -0.2) is 6.54 Å². The van der Waals surface area contributed by atoms with Crippen LogP contribution in [0.5, 0.6) is 0 Å². The monoisotopic (exact) mass is 184 g/mol. The minimum atomic E-state index is 0.211. The first kappa shape index (κ1) is 9.71. The molecule has 4 N–H and O–H groups in total. The smallest absolute Gasteiger partial charge is 0.0303 e. The predicted molar refractivity (Wildman–Crippen MR) is 54.2 cm³/mol. The van der Waals surface area contributed by atoms with Gasteiger partial charge in [0, 0.05) is 6.04 Å². The summed E-state index contributed by atoms with van der Waals surface area (Å²) < 4.78 is 0. The van der Waals surface area contributed by atoms with E-state index in [4.69, 9.17) is 11.5 Å². The van der Waals surface area contributed by atoms with E-state index in [0.717, 1.165) is 25.8 Å². The molecule has 0 aliphatic carbocycles. The van der Waals surface area contributed by atoms with E-state index >= 15 is 0 Å². The highest BCUT2D eigenvalue weighted by Crippen LogP contribution is 2.18. The minimum absolute atomic E-state index is 0.211. The zero-order chi connectivity index (χ0) is 8.81. The van der Waals surface area contributed by atoms with Crippen molar-refractivity contribution in [1.82, 2.24) is 0 Å². The predicted octanol–water partition coefficient (Wildman–Crippen LogP) is 1.88. The van der Waals surface area contributed by atoms with Crippen molar-refractivity contribution in [2.45, 2.75) is 25.3 Å². The SMILES string of the molecule is NCCCC[C@@H](N)c1ccsc1. The molecule has 0 unspecified atom stereocenters. The van der Waals surface area contributed by atoms with E-state index in [0.29, 0.717) is 0 Å². The van der Waals surface area contributed by atoms with E-state index in [1.807, 2.05) is 0 Å². The fourth-order valence-electron chi connectivity index (χ4n) is 1.16. The summed E-state index contributed by atoms with van der Waals surface area (Å²) in [7, 11) is 0. The molecule has 0 aromatic carbocycles. The lowest BCUT2D eigenvalue weighted by Crippen LogP contribution is -2.09. The van der Waals surface area contributed by atoms with Gasteiger partial charge in [0.25, 0.3) is 0 Å². The van der Waals surface area contributed by atoms with Gasteiger partial charge in [0.2, 0.25) is 0 Å². The van der Waals surface area contributed by atoms with Gasteiger partial charge in [-0.15, -0.1) is 0 Å². The Hall–Kier alpha value is -0.380. The first-order valence-corrected chi connectivity index (χ1v) is 5.26. The Morgan fingerprint density at radius 1 is 1.42 bits per heavy atom. The molecule has 0 aliphatic heterocycles. The van der Waals surface area contributed by atoms with Gasteiger partial charge >= 0.3 is 0 Å². The Kier molecular flexibility index (Phi) is 4.29. The molecule has 0 aliphatic rings. The maximum Gasteiger partial charge on any atom is 0.0303 e. The summed E-state index contributed by atoms with van der Waals surface area (Å²) in [5, 5.41) is 4.19.